The summed E-state index contributed by atoms with van der Waals surface area (Å²) in [5, 5.41) is 21.3. The van der Waals surface area contributed by atoms with E-state index >= 15 is 0 Å². The van der Waals surface area contributed by atoms with Gasteiger partial charge in [0.25, 0.3) is 5.91 Å². The molecule has 0 radical (unpaired) electrons. The average molecular weight is 533 g/mol. The number of methoxy groups -OCH3 is 1. The molecule has 198 valence electrons. The highest BCUT2D eigenvalue weighted by atomic mass is 32.1. The molecule has 1 aromatic heterocycles. The van der Waals surface area contributed by atoms with E-state index in [0.717, 1.165) is 21.9 Å². The van der Waals surface area contributed by atoms with Gasteiger partial charge in [0.05, 0.1) is 20.3 Å². The van der Waals surface area contributed by atoms with E-state index in [1.54, 1.807) is 31.4 Å². The van der Waals surface area contributed by atoms with E-state index in [0.29, 0.717) is 41.8 Å². The van der Waals surface area contributed by atoms with Crippen LogP contribution in [0.25, 0.3) is 6.08 Å². The van der Waals surface area contributed by atoms with Crippen molar-refractivity contribution in [2.45, 2.75) is 46.5 Å². The number of ether oxygens (including phenoxy) is 3. The van der Waals surface area contributed by atoms with Gasteiger partial charge in [-0.05, 0) is 48.7 Å². The predicted octanol–water partition coefficient (Wildman–Crippen LogP) is 6.01. The fraction of sp³-hybridized carbons (Fsp3) is 0.345. The summed E-state index contributed by atoms with van der Waals surface area (Å²) in [5.41, 5.74) is 5.31. The van der Waals surface area contributed by atoms with Gasteiger partial charge in [0.1, 0.15) is 16.8 Å². The zero-order valence-corrected chi connectivity index (χ0v) is 23.4. The Balaban J connectivity index is 1.60. The Kier molecular flexibility index (Phi) is 9.66. The molecule has 0 saturated heterocycles. The van der Waals surface area contributed by atoms with Crippen molar-refractivity contribution in [1.82, 2.24) is 10.2 Å². The quantitative estimate of drug-likeness (QED) is 0.147. The molecule has 1 N–H and O–H groups in total. The molecule has 0 unspecified atom stereocenters. The SMILES string of the molecule is COc1cc(C=C=C(C#N)C(=O)Nc2nnc(C(C)(C)C)s2)ccc1OCCCOc1c(C)cccc1C. The minimum Gasteiger partial charge on any atom is -0.493 e. The fourth-order valence-corrected chi connectivity index (χ4v) is 4.17. The minimum absolute atomic E-state index is 0.180. The molecule has 0 aliphatic heterocycles. The van der Waals surface area contributed by atoms with Crippen LogP contribution in [0, 0.1) is 25.2 Å². The molecule has 9 heteroatoms. The third-order valence-electron chi connectivity index (χ3n) is 5.40. The van der Waals surface area contributed by atoms with Crippen LogP contribution in [0.3, 0.4) is 0 Å². The zero-order chi connectivity index (χ0) is 27.7. The smallest absolute Gasteiger partial charge is 0.276 e. The number of amides is 1. The number of carbonyl (C=O) groups is 1. The van der Waals surface area contributed by atoms with E-state index in [1.165, 1.54) is 11.3 Å². The van der Waals surface area contributed by atoms with Crippen LogP contribution in [-0.2, 0) is 10.2 Å². The van der Waals surface area contributed by atoms with Gasteiger partial charge in [-0.1, -0.05) is 62.1 Å². The van der Waals surface area contributed by atoms with E-state index in [9.17, 15) is 10.1 Å². The van der Waals surface area contributed by atoms with Gasteiger partial charge < -0.3 is 14.2 Å². The maximum Gasteiger partial charge on any atom is 0.276 e. The zero-order valence-electron chi connectivity index (χ0n) is 22.5. The summed E-state index contributed by atoms with van der Waals surface area (Å²) in [6.07, 6.45) is 2.25. The number of hydrogen-bond donors (Lipinski definition) is 1. The first-order chi connectivity index (χ1) is 18.1. The van der Waals surface area contributed by atoms with Gasteiger partial charge >= 0.3 is 0 Å². The minimum atomic E-state index is -0.601. The second kappa shape index (κ2) is 12.9. The summed E-state index contributed by atoms with van der Waals surface area (Å²) >= 11 is 1.27. The first kappa shape index (κ1) is 28.5. The van der Waals surface area contributed by atoms with E-state index in [1.807, 2.05) is 58.9 Å². The molecule has 38 heavy (non-hydrogen) atoms. The lowest BCUT2D eigenvalue weighted by molar-refractivity contribution is -0.112. The molecule has 1 heterocycles. The summed E-state index contributed by atoms with van der Waals surface area (Å²) < 4.78 is 17.3. The van der Waals surface area contributed by atoms with Crippen molar-refractivity contribution in [2.24, 2.45) is 0 Å². The lowest BCUT2D eigenvalue weighted by atomic mass is 9.98. The van der Waals surface area contributed by atoms with Crippen molar-refractivity contribution in [3.05, 3.63) is 69.4 Å². The third kappa shape index (κ3) is 7.69. The number of benzene rings is 2. The maximum absolute atomic E-state index is 12.5. The molecule has 0 spiro atoms. The Bertz CT molecular complexity index is 1370. The Morgan fingerprint density at radius 2 is 1.79 bits per heavy atom. The molecule has 8 nitrogen and oxygen atoms in total. The van der Waals surface area contributed by atoms with Crippen molar-refractivity contribution in [1.29, 1.82) is 5.26 Å². The van der Waals surface area contributed by atoms with Crippen molar-refractivity contribution in [3.63, 3.8) is 0 Å². The molecule has 0 fully saturated rings. The summed E-state index contributed by atoms with van der Waals surface area (Å²) in [7, 11) is 1.55. The van der Waals surface area contributed by atoms with Gasteiger partial charge in [-0.25, -0.2) is 0 Å². The fourth-order valence-electron chi connectivity index (χ4n) is 3.38. The first-order valence-corrected chi connectivity index (χ1v) is 13.0. The van der Waals surface area contributed by atoms with Crippen molar-refractivity contribution in [3.8, 4) is 23.3 Å². The van der Waals surface area contributed by atoms with Crippen LogP contribution < -0.4 is 19.5 Å². The number of rotatable bonds is 10. The van der Waals surface area contributed by atoms with Crippen LogP contribution in [0.5, 0.6) is 17.2 Å². The van der Waals surface area contributed by atoms with Crippen molar-refractivity contribution in [2.75, 3.05) is 25.6 Å². The Hall–Kier alpha value is -4.12. The standard InChI is InChI=1S/C29H32N4O4S/c1-19-9-7-10-20(2)25(19)37-16-8-15-36-23-14-12-21(17-24(23)35-6)11-13-22(18-30)26(34)31-28-33-32-27(38-28)29(3,4)5/h7,9-12,14,17H,8,15-16H2,1-6H3,(H,31,33,34). The molecule has 0 saturated carbocycles. The second-order valence-corrected chi connectivity index (χ2v) is 10.6. The highest BCUT2D eigenvalue weighted by Crippen LogP contribution is 2.30. The molecular weight excluding hydrogens is 500 g/mol. The van der Waals surface area contributed by atoms with Crippen LogP contribution in [0.1, 0.15) is 48.9 Å². The normalized spacial score (nSPS) is 10.7. The van der Waals surface area contributed by atoms with Crippen molar-refractivity contribution < 1.29 is 19.0 Å². The molecule has 0 bridgehead atoms. The lowest BCUT2D eigenvalue weighted by Gasteiger charge is -2.13. The molecule has 0 atom stereocenters. The Morgan fingerprint density at radius 1 is 1.08 bits per heavy atom. The summed E-state index contributed by atoms with van der Waals surface area (Å²) in [6.45, 7) is 11.1. The molecule has 3 aromatic rings. The molecule has 2 aromatic carbocycles. The second-order valence-electron chi connectivity index (χ2n) is 9.57. The monoisotopic (exact) mass is 532 g/mol. The number of hydrogen-bond acceptors (Lipinski definition) is 8. The number of aryl methyl sites for hydroxylation is 2. The van der Waals surface area contributed by atoms with Crippen LogP contribution in [-0.4, -0.2) is 36.4 Å². The summed E-state index contributed by atoms with van der Waals surface area (Å²) in [6, 6.07) is 13.3. The predicted molar refractivity (Wildman–Crippen MR) is 149 cm³/mol. The lowest BCUT2D eigenvalue weighted by Crippen LogP contribution is -2.12. The molecule has 0 aliphatic rings. The van der Waals surface area contributed by atoms with E-state index in [2.05, 4.69) is 21.2 Å². The molecule has 3 rings (SSSR count). The third-order valence-corrected chi connectivity index (χ3v) is 6.66. The maximum atomic E-state index is 12.5. The van der Waals surface area contributed by atoms with Gasteiger partial charge in [-0.2, -0.15) is 5.26 Å². The number of nitriles is 1. The number of carbonyl (C=O) groups excluding carboxylic acids is 1. The van der Waals surface area contributed by atoms with E-state index in [4.69, 9.17) is 14.2 Å². The number of anilines is 1. The topological polar surface area (TPSA) is 106 Å². The number of aromatic nitrogens is 2. The van der Waals surface area contributed by atoms with Crippen LogP contribution >= 0.6 is 11.3 Å². The number of para-hydroxylation sites is 1. The summed E-state index contributed by atoms with van der Waals surface area (Å²) in [5.74, 6) is 1.43. The van der Waals surface area contributed by atoms with Gasteiger partial charge in [0.2, 0.25) is 5.13 Å². The van der Waals surface area contributed by atoms with E-state index in [-0.39, 0.29) is 11.0 Å². The van der Waals surface area contributed by atoms with Gasteiger partial charge in [-0.3, -0.25) is 10.1 Å². The first-order valence-electron chi connectivity index (χ1n) is 12.1. The Morgan fingerprint density at radius 3 is 2.42 bits per heavy atom. The molecule has 1 amide bonds. The molecular formula is C29H32N4O4S. The average Bonchev–Trinajstić information content (AvgIpc) is 3.35. The van der Waals surface area contributed by atoms with Gasteiger partial charge in [0, 0.05) is 11.8 Å². The van der Waals surface area contributed by atoms with E-state index < -0.39 is 5.91 Å². The number of nitrogens with zero attached hydrogens (tertiary/aromatic N) is 3. The van der Waals surface area contributed by atoms with Crippen LogP contribution in [0.4, 0.5) is 5.13 Å². The summed E-state index contributed by atoms with van der Waals surface area (Å²) in [4.78, 5) is 12.5. The molecule has 0 aliphatic carbocycles. The highest BCUT2D eigenvalue weighted by molar-refractivity contribution is 7.15. The van der Waals surface area contributed by atoms with Gasteiger partial charge in [-0.15, -0.1) is 10.2 Å². The Labute approximate surface area is 227 Å². The van der Waals surface area contributed by atoms with Crippen LogP contribution in [0.15, 0.2) is 47.7 Å². The van der Waals surface area contributed by atoms with Gasteiger partial charge in [0.15, 0.2) is 17.1 Å². The highest BCUT2D eigenvalue weighted by Gasteiger charge is 2.20. The van der Waals surface area contributed by atoms with Crippen molar-refractivity contribution >= 4 is 28.5 Å². The number of nitrogens with one attached hydrogen (secondary N) is 1. The largest absolute Gasteiger partial charge is 0.493 e. The van der Waals surface area contributed by atoms with Crippen LogP contribution in [0.2, 0.25) is 0 Å².